The number of benzene rings is 2. The third-order valence-electron chi connectivity index (χ3n) is 3.55. The second-order valence-corrected chi connectivity index (χ2v) is 5.03. The summed E-state index contributed by atoms with van der Waals surface area (Å²) in [6, 6.07) is 13.4. The van der Waals surface area contributed by atoms with Crippen LogP contribution in [0.2, 0.25) is 0 Å². The zero-order valence-corrected chi connectivity index (χ0v) is 12.4. The maximum absolute atomic E-state index is 5.72. The molecule has 2 heterocycles. The fourth-order valence-corrected chi connectivity index (χ4v) is 2.45. The van der Waals surface area contributed by atoms with Gasteiger partial charge in [0.25, 0.3) is 0 Å². The molecule has 1 aliphatic rings. The van der Waals surface area contributed by atoms with Gasteiger partial charge >= 0.3 is 0 Å². The monoisotopic (exact) mass is 309 g/mol. The van der Waals surface area contributed by atoms with Crippen molar-refractivity contribution in [2.24, 2.45) is 0 Å². The summed E-state index contributed by atoms with van der Waals surface area (Å²) in [6.07, 6.45) is 1.56. The molecule has 0 bridgehead atoms. The second-order valence-electron chi connectivity index (χ2n) is 5.03. The molecule has 0 amide bonds. The van der Waals surface area contributed by atoms with Crippen LogP contribution in [0.15, 0.2) is 48.8 Å². The van der Waals surface area contributed by atoms with E-state index in [1.54, 1.807) is 6.33 Å². The van der Waals surface area contributed by atoms with Gasteiger partial charge in [-0.15, -0.1) is 0 Å². The zero-order chi connectivity index (χ0) is 15.5. The van der Waals surface area contributed by atoms with Crippen LogP contribution in [0.4, 0.5) is 5.82 Å². The van der Waals surface area contributed by atoms with Crippen molar-refractivity contribution in [2.75, 3.05) is 25.3 Å². The Kier molecular flexibility index (Phi) is 3.56. The lowest BCUT2D eigenvalue weighted by molar-refractivity contribution is 0.174. The summed E-state index contributed by atoms with van der Waals surface area (Å²) >= 11 is 0. The molecule has 0 aliphatic carbocycles. The highest BCUT2D eigenvalue weighted by molar-refractivity contribution is 5.88. The summed E-state index contributed by atoms with van der Waals surface area (Å²) in [5.41, 5.74) is 0.918. The minimum atomic E-state index is 0.265. The number of fused-ring (bicyclic) bond motifs is 2. The Balaban J connectivity index is 1.36. The molecule has 4 rings (SSSR count). The fraction of sp³-hybridized carbons (Fsp3) is 0.176. The van der Waals surface area contributed by atoms with Crippen molar-refractivity contribution >= 4 is 16.7 Å². The molecule has 3 aromatic rings. The van der Waals surface area contributed by atoms with Gasteiger partial charge in [0.2, 0.25) is 6.79 Å². The van der Waals surface area contributed by atoms with Crippen LogP contribution in [0, 0.1) is 0 Å². The molecule has 1 aromatic heterocycles. The molecule has 0 saturated carbocycles. The van der Waals surface area contributed by atoms with Crippen LogP contribution < -0.4 is 19.5 Å². The first-order valence-electron chi connectivity index (χ1n) is 7.36. The van der Waals surface area contributed by atoms with Crippen molar-refractivity contribution < 1.29 is 14.2 Å². The lowest BCUT2D eigenvalue weighted by Crippen LogP contribution is -2.12. The Hall–Kier alpha value is -3.02. The number of aromatic nitrogens is 2. The third-order valence-corrected chi connectivity index (χ3v) is 3.55. The van der Waals surface area contributed by atoms with Crippen LogP contribution in [0.5, 0.6) is 17.2 Å². The molecule has 116 valence electrons. The maximum Gasteiger partial charge on any atom is 0.231 e. The number of ether oxygens (including phenoxy) is 3. The molecule has 0 atom stereocenters. The molecule has 23 heavy (non-hydrogen) atoms. The molecule has 2 aromatic carbocycles. The van der Waals surface area contributed by atoms with E-state index in [0.29, 0.717) is 13.2 Å². The third kappa shape index (κ3) is 2.83. The summed E-state index contributed by atoms with van der Waals surface area (Å²) in [7, 11) is 0. The Morgan fingerprint density at radius 1 is 1.04 bits per heavy atom. The van der Waals surface area contributed by atoms with Crippen molar-refractivity contribution in [2.45, 2.75) is 0 Å². The zero-order valence-electron chi connectivity index (χ0n) is 12.4. The Morgan fingerprint density at radius 3 is 2.96 bits per heavy atom. The molecule has 0 saturated heterocycles. The van der Waals surface area contributed by atoms with E-state index in [0.717, 1.165) is 34.0 Å². The summed E-state index contributed by atoms with van der Waals surface area (Å²) in [5.74, 6) is 3.04. The second kappa shape index (κ2) is 6.00. The highest BCUT2D eigenvalue weighted by Gasteiger charge is 2.13. The molecule has 1 N–H and O–H groups in total. The lowest BCUT2D eigenvalue weighted by atomic mass is 10.2. The Labute approximate surface area is 133 Å². The average molecular weight is 309 g/mol. The fourth-order valence-electron chi connectivity index (χ4n) is 2.45. The molecular weight excluding hydrogens is 294 g/mol. The van der Waals surface area contributed by atoms with E-state index in [-0.39, 0.29) is 6.79 Å². The van der Waals surface area contributed by atoms with Gasteiger partial charge < -0.3 is 19.5 Å². The van der Waals surface area contributed by atoms with Crippen LogP contribution in [-0.4, -0.2) is 29.9 Å². The van der Waals surface area contributed by atoms with Crippen LogP contribution in [-0.2, 0) is 0 Å². The van der Waals surface area contributed by atoms with Gasteiger partial charge in [0.1, 0.15) is 24.5 Å². The molecular formula is C17H15N3O3. The van der Waals surface area contributed by atoms with Gasteiger partial charge in [0.05, 0.1) is 12.1 Å². The summed E-state index contributed by atoms with van der Waals surface area (Å²) in [4.78, 5) is 8.53. The normalized spacial score (nSPS) is 12.3. The number of hydrogen-bond acceptors (Lipinski definition) is 6. The maximum atomic E-state index is 5.72. The van der Waals surface area contributed by atoms with E-state index < -0.39 is 0 Å². The van der Waals surface area contributed by atoms with Gasteiger partial charge in [-0.3, -0.25) is 0 Å². The number of rotatable bonds is 5. The molecule has 0 radical (unpaired) electrons. The Bertz CT molecular complexity index is 833. The number of anilines is 1. The average Bonchev–Trinajstić information content (AvgIpc) is 3.06. The Morgan fingerprint density at radius 2 is 1.96 bits per heavy atom. The number of nitrogens with zero attached hydrogens (tertiary/aromatic N) is 2. The van der Waals surface area contributed by atoms with E-state index in [2.05, 4.69) is 15.3 Å². The van der Waals surface area contributed by atoms with Crippen LogP contribution in [0.25, 0.3) is 10.9 Å². The minimum absolute atomic E-state index is 0.265. The van der Waals surface area contributed by atoms with Crippen molar-refractivity contribution in [3.8, 4) is 17.2 Å². The van der Waals surface area contributed by atoms with Gasteiger partial charge in [-0.25, -0.2) is 9.97 Å². The molecule has 6 heteroatoms. The lowest BCUT2D eigenvalue weighted by Gasteiger charge is -2.10. The van der Waals surface area contributed by atoms with E-state index in [9.17, 15) is 0 Å². The highest BCUT2D eigenvalue weighted by atomic mass is 16.7. The van der Waals surface area contributed by atoms with Gasteiger partial charge in [-0.05, 0) is 24.3 Å². The number of para-hydroxylation sites is 1. The first kappa shape index (κ1) is 13.6. The van der Waals surface area contributed by atoms with E-state index in [1.807, 2.05) is 42.5 Å². The molecule has 6 nitrogen and oxygen atoms in total. The van der Waals surface area contributed by atoms with Crippen LogP contribution in [0.3, 0.4) is 0 Å². The first-order chi connectivity index (χ1) is 11.4. The van der Waals surface area contributed by atoms with Crippen molar-refractivity contribution in [3.05, 3.63) is 48.8 Å². The van der Waals surface area contributed by atoms with E-state index in [1.165, 1.54) is 0 Å². The van der Waals surface area contributed by atoms with Crippen LogP contribution >= 0.6 is 0 Å². The molecule has 0 unspecified atom stereocenters. The molecule has 1 aliphatic heterocycles. The summed E-state index contributed by atoms with van der Waals surface area (Å²) in [5, 5.41) is 4.28. The van der Waals surface area contributed by atoms with E-state index in [4.69, 9.17) is 14.2 Å². The number of nitrogens with one attached hydrogen (secondary N) is 1. The quantitative estimate of drug-likeness (QED) is 0.731. The smallest absolute Gasteiger partial charge is 0.231 e. The van der Waals surface area contributed by atoms with Crippen molar-refractivity contribution in [1.82, 2.24) is 9.97 Å². The van der Waals surface area contributed by atoms with Gasteiger partial charge in [0.15, 0.2) is 11.5 Å². The summed E-state index contributed by atoms with van der Waals surface area (Å²) < 4.78 is 16.3. The standard InChI is InChI=1S/C17H15N3O3/c1-2-4-14-13(3-1)17(20-10-19-14)18-7-8-21-12-5-6-15-16(9-12)23-11-22-15/h1-6,9-10H,7-8,11H2,(H,18,19,20). The van der Waals surface area contributed by atoms with Gasteiger partial charge in [0, 0.05) is 11.5 Å². The predicted octanol–water partition coefficient (Wildman–Crippen LogP) is 2.85. The first-order valence-corrected chi connectivity index (χ1v) is 7.36. The van der Waals surface area contributed by atoms with Crippen LogP contribution in [0.1, 0.15) is 0 Å². The predicted molar refractivity (Wildman–Crippen MR) is 86.1 cm³/mol. The highest BCUT2D eigenvalue weighted by Crippen LogP contribution is 2.35. The van der Waals surface area contributed by atoms with E-state index >= 15 is 0 Å². The molecule has 0 fully saturated rings. The topological polar surface area (TPSA) is 65.5 Å². The summed E-state index contributed by atoms with van der Waals surface area (Å²) in [6.45, 7) is 1.41. The van der Waals surface area contributed by atoms with Gasteiger partial charge in [-0.2, -0.15) is 0 Å². The van der Waals surface area contributed by atoms with Gasteiger partial charge in [-0.1, -0.05) is 12.1 Å². The SMILES string of the molecule is c1ccc2c(NCCOc3ccc4c(c3)OCO4)ncnc2c1. The van der Waals surface area contributed by atoms with Crippen molar-refractivity contribution in [3.63, 3.8) is 0 Å². The van der Waals surface area contributed by atoms with Crippen molar-refractivity contribution in [1.29, 1.82) is 0 Å². The minimum Gasteiger partial charge on any atom is -0.492 e. The largest absolute Gasteiger partial charge is 0.492 e. The number of hydrogen-bond donors (Lipinski definition) is 1. The molecule has 0 spiro atoms.